The Bertz CT molecular complexity index is 613. The minimum absolute atomic E-state index is 0.0169. The van der Waals surface area contributed by atoms with Crippen LogP contribution in [0.2, 0.25) is 0 Å². The smallest absolute Gasteiger partial charge is 0.227 e. The molecule has 0 unspecified atom stereocenters. The molecule has 1 N–H and O–H groups in total. The number of nitrogens with zero attached hydrogens (tertiary/aromatic N) is 3. The van der Waals surface area contributed by atoms with E-state index in [0.717, 1.165) is 39.0 Å². The van der Waals surface area contributed by atoms with Gasteiger partial charge < -0.3 is 14.9 Å². The van der Waals surface area contributed by atoms with Gasteiger partial charge >= 0.3 is 0 Å². The van der Waals surface area contributed by atoms with Crippen molar-refractivity contribution in [2.75, 3.05) is 46.4 Å². The topological polar surface area (TPSA) is 47.0 Å². The second kappa shape index (κ2) is 9.67. The van der Waals surface area contributed by atoms with Gasteiger partial charge in [0.15, 0.2) is 0 Å². The highest BCUT2D eigenvalue weighted by molar-refractivity contribution is 5.79. The molecular weight excluding hydrogens is 338 g/mol. The van der Waals surface area contributed by atoms with E-state index in [2.05, 4.69) is 35.9 Å². The highest BCUT2D eigenvalue weighted by Gasteiger charge is 2.33. The first-order valence-electron chi connectivity index (χ1n) is 10.4. The number of benzene rings is 1. The van der Waals surface area contributed by atoms with E-state index in [1.165, 1.54) is 24.0 Å². The van der Waals surface area contributed by atoms with Crippen LogP contribution in [-0.4, -0.2) is 78.1 Å². The van der Waals surface area contributed by atoms with Gasteiger partial charge in [-0.15, -0.1) is 0 Å². The number of rotatable bonds is 6. The fraction of sp³-hybridized carbons (Fsp3) is 0.682. The van der Waals surface area contributed by atoms with Gasteiger partial charge in [-0.25, -0.2) is 0 Å². The van der Waals surface area contributed by atoms with Gasteiger partial charge in [-0.3, -0.25) is 9.69 Å². The number of likely N-dealkylation sites (tertiary alicyclic amines) is 2. The van der Waals surface area contributed by atoms with Crippen LogP contribution in [0.1, 0.15) is 36.8 Å². The van der Waals surface area contributed by atoms with Gasteiger partial charge in [0.2, 0.25) is 5.91 Å². The molecule has 0 bridgehead atoms. The van der Waals surface area contributed by atoms with Gasteiger partial charge in [-0.05, 0) is 70.4 Å². The standard InChI is InChI=1S/C22H35N3O2/c1-18-6-3-4-7-19(18)16-25(14-15-26)22(27)20-8-5-11-24(17-20)21-9-12-23(2)13-10-21/h3-4,6-7,20-21,26H,5,8-17H2,1-2H3/t20-/m1/s1. The monoisotopic (exact) mass is 373 g/mol. The molecule has 2 fully saturated rings. The average Bonchev–Trinajstić information content (AvgIpc) is 2.69. The Morgan fingerprint density at radius 2 is 1.93 bits per heavy atom. The number of aliphatic hydroxyl groups excluding tert-OH is 1. The van der Waals surface area contributed by atoms with Crippen LogP contribution in [0.15, 0.2) is 24.3 Å². The maximum absolute atomic E-state index is 13.3. The van der Waals surface area contributed by atoms with Gasteiger partial charge in [0, 0.05) is 25.7 Å². The van der Waals surface area contributed by atoms with Crippen molar-refractivity contribution < 1.29 is 9.90 Å². The van der Waals surface area contributed by atoms with E-state index in [-0.39, 0.29) is 18.4 Å². The first kappa shape index (κ1) is 20.3. The Labute approximate surface area is 163 Å². The van der Waals surface area contributed by atoms with Crippen molar-refractivity contribution in [2.24, 2.45) is 5.92 Å². The predicted octanol–water partition coefficient (Wildman–Crippen LogP) is 2.12. The molecular formula is C22H35N3O2. The molecule has 3 rings (SSSR count). The minimum atomic E-state index is 0.0169. The molecule has 1 aromatic carbocycles. The number of carbonyl (C=O) groups excluding carboxylic acids is 1. The predicted molar refractivity (Wildman–Crippen MR) is 108 cm³/mol. The van der Waals surface area contributed by atoms with Crippen molar-refractivity contribution in [3.05, 3.63) is 35.4 Å². The normalized spacial score (nSPS) is 22.7. The van der Waals surface area contributed by atoms with Crippen molar-refractivity contribution in [3.63, 3.8) is 0 Å². The van der Waals surface area contributed by atoms with Gasteiger partial charge in [-0.1, -0.05) is 24.3 Å². The fourth-order valence-electron chi connectivity index (χ4n) is 4.54. The summed E-state index contributed by atoms with van der Waals surface area (Å²) in [7, 11) is 2.19. The zero-order valence-electron chi connectivity index (χ0n) is 16.9. The molecule has 2 aliphatic rings. The lowest BCUT2D eigenvalue weighted by Gasteiger charge is -2.42. The zero-order valence-corrected chi connectivity index (χ0v) is 16.9. The molecule has 2 heterocycles. The summed E-state index contributed by atoms with van der Waals surface area (Å²) in [5.74, 6) is 0.277. The third-order valence-corrected chi connectivity index (χ3v) is 6.31. The first-order valence-corrected chi connectivity index (χ1v) is 10.4. The highest BCUT2D eigenvalue weighted by Crippen LogP contribution is 2.25. The molecule has 1 atom stereocenters. The van der Waals surface area contributed by atoms with Gasteiger partial charge in [-0.2, -0.15) is 0 Å². The van der Waals surface area contributed by atoms with Crippen LogP contribution in [0.5, 0.6) is 0 Å². The molecule has 0 radical (unpaired) electrons. The molecule has 0 saturated carbocycles. The number of aryl methyl sites for hydroxylation is 1. The van der Waals surface area contributed by atoms with E-state index in [9.17, 15) is 9.90 Å². The van der Waals surface area contributed by atoms with Crippen molar-refractivity contribution in [1.29, 1.82) is 0 Å². The summed E-state index contributed by atoms with van der Waals surface area (Å²) < 4.78 is 0. The van der Waals surface area contributed by atoms with E-state index in [0.29, 0.717) is 19.1 Å². The molecule has 1 aromatic rings. The number of piperidine rings is 2. The number of aliphatic hydroxyl groups is 1. The lowest BCUT2D eigenvalue weighted by molar-refractivity contribution is -0.139. The van der Waals surface area contributed by atoms with Crippen molar-refractivity contribution in [1.82, 2.24) is 14.7 Å². The summed E-state index contributed by atoms with van der Waals surface area (Å²) in [5, 5.41) is 9.50. The lowest BCUT2D eigenvalue weighted by Crippen LogP contribution is -2.51. The van der Waals surface area contributed by atoms with Crippen LogP contribution in [-0.2, 0) is 11.3 Å². The van der Waals surface area contributed by atoms with Crippen molar-refractivity contribution in [2.45, 2.75) is 45.2 Å². The van der Waals surface area contributed by atoms with Crippen LogP contribution in [0.25, 0.3) is 0 Å². The molecule has 2 aliphatic heterocycles. The Balaban J connectivity index is 1.63. The minimum Gasteiger partial charge on any atom is -0.395 e. The number of hydrogen-bond acceptors (Lipinski definition) is 4. The number of amides is 1. The molecule has 5 heteroatoms. The second-order valence-corrected chi connectivity index (χ2v) is 8.28. The summed E-state index contributed by atoms with van der Waals surface area (Å²) in [6.07, 6.45) is 4.49. The number of carbonyl (C=O) groups is 1. The Hall–Kier alpha value is -1.43. The van der Waals surface area contributed by atoms with Crippen LogP contribution in [0.3, 0.4) is 0 Å². The summed E-state index contributed by atoms with van der Waals surface area (Å²) in [6, 6.07) is 8.83. The lowest BCUT2D eigenvalue weighted by atomic mass is 9.92. The van der Waals surface area contributed by atoms with E-state index < -0.39 is 0 Å². The molecule has 2 saturated heterocycles. The van der Waals surface area contributed by atoms with Crippen LogP contribution >= 0.6 is 0 Å². The maximum Gasteiger partial charge on any atom is 0.227 e. The molecule has 0 aromatic heterocycles. The molecule has 0 spiro atoms. The van der Waals surface area contributed by atoms with E-state index in [4.69, 9.17) is 0 Å². The maximum atomic E-state index is 13.3. The second-order valence-electron chi connectivity index (χ2n) is 8.28. The van der Waals surface area contributed by atoms with Crippen LogP contribution in [0.4, 0.5) is 0 Å². The average molecular weight is 374 g/mol. The van der Waals surface area contributed by atoms with E-state index in [1.54, 1.807) is 0 Å². The van der Waals surface area contributed by atoms with E-state index >= 15 is 0 Å². The number of hydrogen-bond donors (Lipinski definition) is 1. The summed E-state index contributed by atoms with van der Waals surface area (Å²) in [5.41, 5.74) is 2.37. The summed E-state index contributed by atoms with van der Waals surface area (Å²) in [6.45, 7) is 7.42. The Morgan fingerprint density at radius 3 is 2.63 bits per heavy atom. The first-order chi connectivity index (χ1) is 13.1. The largest absolute Gasteiger partial charge is 0.395 e. The molecule has 27 heavy (non-hydrogen) atoms. The quantitative estimate of drug-likeness (QED) is 0.830. The van der Waals surface area contributed by atoms with Crippen molar-refractivity contribution in [3.8, 4) is 0 Å². The van der Waals surface area contributed by atoms with Gasteiger partial charge in [0.05, 0.1) is 12.5 Å². The molecule has 1 amide bonds. The summed E-state index contributed by atoms with van der Waals surface area (Å²) >= 11 is 0. The van der Waals surface area contributed by atoms with Gasteiger partial charge in [0.25, 0.3) is 0 Å². The van der Waals surface area contributed by atoms with E-state index in [1.807, 2.05) is 17.0 Å². The third-order valence-electron chi connectivity index (χ3n) is 6.31. The third kappa shape index (κ3) is 5.31. The van der Waals surface area contributed by atoms with Crippen LogP contribution in [0, 0.1) is 12.8 Å². The Kier molecular flexibility index (Phi) is 7.27. The molecule has 150 valence electrons. The van der Waals surface area contributed by atoms with Crippen LogP contribution < -0.4 is 0 Å². The SMILES string of the molecule is Cc1ccccc1CN(CCO)C(=O)[C@@H]1CCCN(C2CCN(C)CC2)C1. The highest BCUT2D eigenvalue weighted by atomic mass is 16.3. The fourth-order valence-corrected chi connectivity index (χ4v) is 4.54. The molecule has 0 aliphatic carbocycles. The zero-order chi connectivity index (χ0) is 19.2. The van der Waals surface area contributed by atoms with Gasteiger partial charge in [0.1, 0.15) is 0 Å². The molecule has 5 nitrogen and oxygen atoms in total. The Morgan fingerprint density at radius 1 is 1.19 bits per heavy atom. The summed E-state index contributed by atoms with van der Waals surface area (Å²) in [4.78, 5) is 20.1. The van der Waals surface area contributed by atoms with Crippen molar-refractivity contribution >= 4 is 5.91 Å².